The number of likely N-dealkylation sites (N-methyl/N-ethyl adjacent to an activating group) is 1. The first-order valence-corrected chi connectivity index (χ1v) is 8.92. The van der Waals surface area contributed by atoms with Gasteiger partial charge in [-0.15, -0.1) is 0 Å². The van der Waals surface area contributed by atoms with Gasteiger partial charge in [0.1, 0.15) is 17.4 Å². The summed E-state index contributed by atoms with van der Waals surface area (Å²) in [4.78, 5) is 14.2. The molecule has 0 radical (unpaired) electrons. The Balaban J connectivity index is 1.62. The number of furan rings is 1. The van der Waals surface area contributed by atoms with Crippen LogP contribution < -0.4 is 10.2 Å². The molecule has 1 N–H and O–H groups in total. The monoisotopic (exact) mass is 349 g/mol. The van der Waals surface area contributed by atoms with Crippen LogP contribution in [-0.4, -0.2) is 48.1 Å². The van der Waals surface area contributed by atoms with Gasteiger partial charge in [-0.2, -0.15) is 0 Å². The van der Waals surface area contributed by atoms with Crippen LogP contribution in [0.5, 0.6) is 0 Å². The average Bonchev–Trinajstić information content (AvgIpc) is 3.21. The van der Waals surface area contributed by atoms with Crippen LogP contribution in [0.1, 0.15) is 5.76 Å². The quantitative estimate of drug-likeness (QED) is 0.764. The lowest BCUT2D eigenvalue weighted by Crippen LogP contribution is -2.44. The van der Waals surface area contributed by atoms with Gasteiger partial charge in [-0.25, -0.2) is 9.97 Å². The standard InChI is InChI=1S/C20H23N5O/c1-24-9-11-25(12-10-24)19-14-18(21-15-17-8-5-13-26-17)22-20(23-19)16-6-3-2-4-7-16/h2-8,13-14H,9-12,15H2,1H3,(H,21,22,23). The van der Waals surface area contributed by atoms with Crippen molar-refractivity contribution in [3.8, 4) is 11.4 Å². The summed E-state index contributed by atoms with van der Waals surface area (Å²) in [5.41, 5.74) is 1.02. The third-order valence-electron chi connectivity index (χ3n) is 4.60. The van der Waals surface area contributed by atoms with Crippen LogP contribution >= 0.6 is 0 Å². The molecular weight excluding hydrogens is 326 g/mol. The van der Waals surface area contributed by atoms with Crippen LogP contribution in [0.4, 0.5) is 11.6 Å². The van der Waals surface area contributed by atoms with E-state index in [9.17, 15) is 0 Å². The molecule has 1 aliphatic rings. The summed E-state index contributed by atoms with van der Waals surface area (Å²) >= 11 is 0. The van der Waals surface area contributed by atoms with E-state index in [0.29, 0.717) is 6.54 Å². The summed E-state index contributed by atoms with van der Waals surface area (Å²) in [6, 6.07) is 16.0. The number of benzene rings is 1. The Morgan fingerprint density at radius 2 is 1.81 bits per heavy atom. The Bertz CT molecular complexity index is 827. The number of nitrogens with zero attached hydrogens (tertiary/aromatic N) is 4. The first-order valence-electron chi connectivity index (χ1n) is 8.92. The van der Waals surface area contributed by atoms with E-state index >= 15 is 0 Å². The van der Waals surface area contributed by atoms with Crippen LogP contribution in [-0.2, 0) is 6.54 Å². The molecule has 1 saturated heterocycles. The zero-order valence-electron chi connectivity index (χ0n) is 14.9. The smallest absolute Gasteiger partial charge is 0.163 e. The van der Waals surface area contributed by atoms with Crippen molar-refractivity contribution in [1.82, 2.24) is 14.9 Å². The molecule has 1 fully saturated rings. The molecule has 0 bridgehead atoms. The van der Waals surface area contributed by atoms with Crippen molar-refractivity contribution in [2.75, 3.05) is 43.4 Å². The van der Waals surface area contributed by atoms with E-state index in [1.54, 1.807) is 6.26 Å². The average molecular weight is 349 g/mol. The topological polar surface area (TPSA) is 57.4 Å². The van der Waals surface area contributed by atoms with E-state index < -0.39 is 0 Å². The van der Waals surface area contributed by atoms with Gasteiger partial charge in [0.15, 0.2) is 5.82 Å². The molecule has 0 unspecified atom stereocenters. The molecule has 3 heterocycles. The van der Waals surface area contributed by atoms with Crippen LogP contribution in [0.3, 0.4) is 0 Å². The van der Waals surface area contributed by atoms with Crippen LogP contribution in [0.15, 0.2) is 59.2 Å². The third-order valence-corrected chi connectivity index (χ3v) is 4.60. The second-order valence-electron chi connectivity index (χ2n) is 6.52. The Labute approximate surface area is 153 Å². The highest BCUT2D eigenvalue weighted by Gasteiger charge is 2.17. The van der Waals surface area contributed by atoms with Crippen LogP contribution in [0, 0.1) is 0 Å². The molecule has 3 aromatic rings. The van der Waals surface area contributed by atoms with Crippen molar-refractivity contribution in [1.29, 1.82) is 0 Å². The Morgan fingerprint density at radius 1 is 1.00 bits per heavy atom. The maximum atomic E-state index is 5.41. The zero-order valence-corrected chi connectivity index (χ0v) is 14.9. The van der Waals surface area contributed by atoms with Gasteiger partial charge in [0.25, 0.3) is 0 Å². The number of hydrogen-bond donors (Lipinski definition) is 1. The fraction of sp³-hybridized carbons (Fsp3) is 0.300. The molecule has 0 amide bonds. The minimum Gasteiger partial charge on any atom is -0.467 e. The summed E-state index contributed by atoms with van der Waals surface area (Å²) < 4.78 is 5.41. The lowest BCUT2D eigenvalue weighted by Gasteiger charge is -2.33. The van der Waals surface area contributed by atoms with Gasteiger partial charge in [-0.3, -0.25) is 0 Å². The largest absolute Gasteiger partial charge is 0.467 e. The molecule has 0 atom stereocenters. The maximum Gasteiger partial charge on any atom is 0.163 e. The van der Waals surface area contributed by atoms with Gasteiger partial charge >= 0.3 is 0 Å². The van der Waals surface area contributed by atoms with Gasteiger partial charge in [0.2, 0.25) is 0 Å². The zero-order chi connectivity index (χ0) is 17.8. The Morgan fingerprint density at radius 3 is 2.54 bits per heavy atom. The molecule has 1 aromatic carbocycles. The number of nitrogens with one attached hydrogen (secondary N) is 1. The molecule has 6 heteroatoms. The second kappa shape index (κ2) is 7.58. The van der Waals surface area contributed by atoms with Crippen molar-refractivity contribution in [2.24, 2.45) is 0 Å². The molecule has 1 aliphatic heterocycles. The predicted octanol–water partition coefficient (Wildman–Crippen LogP) is 3.10. The van der Waals surface area contributed by atoms with E-state index in [-0.39, 0.29) is 0 Å². The van der Waals surface area contributed by atoms with Crippen molar-refractivity contribution in [2.45, 2.75) is 6.54 Å². The molecular formula is C20H23N5O. The van der Waals surface area contributed by atoms with E-state index in [1.165, 1.54) is 0 Å². The SMILES string of the molecule is CN1CCN(c2cc(NCc3ccco3)nc(-c3ccccc3)n2)CC1. The lowest BCUT2D eigenvalue weighted by atomic mass is 10.2. The van der Waals surface area contributed by atoms with E-state index in [2.05, 4.69) is 22.2 Å². The Kier molecular flexibility index (Phi) is 4.84. The summed E-state index contributed by atoms with van der Waals surface area (Å²) in [7, 11) is 2.16. The summed E-state index contributed by atoms with van der Waals surface area (Å²) in [6.45, 7) is 4.62. The molecule has 26 heavy (non-hydrogen) atoms. The minimum absolute atomic E-state index is 0.598. The normalized spacial score (nSPS) is 15.2. The molecule has 0 aliphatic carbocycles. The van der Waals surface area contributed by atoms with E-state index in [1.807, 2.05) is 48.5 Å². The first-order chi connectivity index (χ1) is 12.8. The molecule has 6 nitrogen and oxygen atoms in total. The second-order valence-corrected chi connectivity index (χ2v) is 6.52. The summed E-state index contributed by atoms with van der Waals surface area (Å²) in [6.07, 6.45) is 1.68. The Hall–Kier alpha value is -2.86. The summed E-state index contributed by atoms with van der Waals surface area (Å²) in [5.74, 6) is 3.40. The lowest BCUT2D eigenvalue weighted by molar-refractivity contribution is 0.312. The predicted molar refractivity (Wildman–Crippen MR) is 103 cm³/mol. The molecule has 4 rings (SSSR count). The fourth-order valence-electron chi connectivity index (χ4n) is 3.03. The number of hydrogen-bond acceptors (Lipinski definition) is 6. The van der Waals surface area contributed by atoms with Gasteiger partial charge in [-0.05, 0) is 19.2 Å². The first kappa shape index (κ1) is 16.6. The molecule has 0 spiro atoms. The van der Waals surface area contributed by atoms with Crippen molar-refractivity contribution < 1.29 is 4.42 Å². The van der Waals surface area contributed by atoms with Crippen LogP contribution in [0.2, 0.25) is 0 Å². The highest BCUT2D eigenvalue weighted by molar-refractivity contribution is 5.61. The highest BCUT2D eigenvalue weighted by atomic mass is 16.3. The van der Waals surface area contributed by atoms with Crippen molar-refractivity contribution in [3.63, 3.8) is 0 Å². The maximum absolute atomic E-state index is 5.41. The van der Waals surface area contributed by atoms with E-state index in [0.717, 1.165) is 55.0 Å². The van der Waals surface area contributed by atoms with Gasteiger partial charge in [-0.1, -0.05) is 30.3 Å². The van der Waals surface area contributed by atoms with E-state index in [4.69, 9.17) is 14.4 Å². The number of anilines is 2. The third kappa shape index (κ3) is 3.86. The number of piperazine rings is 1. The van der Waals surface area contributed by atoms with Crippen molar-refractivity contribution >= 4 is 11.6 Å². The van der Waals surface area contributed by atoms with Gasteiger partial charge in [0, 0.05) is 37.8 Å². The minimum atomic E-state index is 0.598. The van der Waals surface area contributed by atoms with Gasteiger partial charge < -0.3 is 19.5 Å². The van der Waals surface area contributed by atoms with Gasteiger partial charge in [0.05, 0.1) is 12.8 Å². The van der Waals surface area contributed by atoms with Crippen molar-refractivity contribution in [3.05, 3.63) is 60.6 Å². The number of aromatic nitrogens is 2. The molecule has 2 aromatic heterocycles. The molecule has 134 valence electrons. The van der Waals surface area contributed by atoms with Crippen LogP contribution in [0.25, 0.3) is 11.4 Å². The fourth-order valence-corrected chi connectivity index (χ4v) is 3.03. The highest BCUT2D eigenvalue weighted by Crippen LogP contribution is 2.23. The molecule has 0 saturated carbocycles. The number of rotatable bonds is 5. The summed E-state index contributed by atoms with van der Waals surface area (Å²) in [5, 5.41) is 3.36.